The molecule has 6 nitrogen and oxygen atoms in total. The van der Waals surface area contributed by atoms with Crippen molar-refractivity contribution >= 4 is 23.8 Å². The number of carbonyl (C=O) groups is 2. The quantitative estimate of drug-likeness (QED) is 0.836. The van der Waals surface area contributed by atoms with Crippen molar-refractivity contribution < 1.29 is 19.4 Å². The molecule has 0 saturated carbocycles. The number of nitrogens with zero attached hydrogens (tertiary/aromatic N) is 2. The first kappa shape index (κ1) is 15.4. The number of aliphatic carboxylic acids is 1. The Balaban J connectivity index is 2.17. The highest BCUT2D eigenvalue weighted by molar-refractivity contribution is 8.00. The molecular weight excluding hydrogens is 280 g/mol. The monoisotopic (exact) mass is 302 g/mol. The SMILES string of the molecule is CCC1COC(C)CN1C(=O)N1C(C)SCC1C(=O)O. The number of rotatable bonds is 2. The molecule has 4 atom stereocenters. The lowest BCUT2D eigenvalue weighted by Gasteiger charge is -2.41. The van der Waals surface area contributed by atoms with Crippen LogP contribution in [0.4, 0.5) is 4.79 Å². The second-order valence-electron chi connectivity index (χ2n) is 5.33. The van der Waals surface area contributed by atoms with Gasteiger partial charge in [-0.15, -0.1) is 11.8 Å². The molecule has 2 aliphatic heterocycles. The summed E-state index contributed by atoms with van der Waals surface area (Å²) in [5.41, 5.74) is 0. The standard InChI is InChI=1S/C13H22N2O4S/c1-4-10-6-19-8(2)5-14(10)13(18)15-9(3)20-7-11(15)12(16)17/h8-11H,4-7H2,1-3H3,(H,16,17). The van der Waals surface area contributed by atoms with Crippen LogP contribution in [0, 0.1) is 0 Å². The maximum Gasteiger partial charge on any atom is 0.327 e. The number of carboxylic acid groups (broad SMARTS) is 1. The third kappa shape index (κ3) is 2.88. The molecule has 2 amide bonds. The van der Waals surface area contributed by atoms with Crippen LogP contribution < -0.4 is 0 Å². The van der Waals surface area contributed by atoms with Gasteiger partial charge in [-0.1, -0.05) is 6.92 Å². The van der Waals surface area contributed by atoms with Crippen LogP contribution in [0.3, 0.4) is 0 Å². The molecule has 1 N–H and O–H groups in total. The fourth-order valence-electron chi connectivity index (χ4n) is 2.69. The van der Waals surface area contributed by atoms with E-state index < -0.39 is 12.0 Å². The maximum absolute atomic E-state index is 12.8. The van der Waals surface area contributed by atoms with E-state index in [1.807, 2.05) is 20.8 Å². The minimum atomic E-state index is -0.926. The molecule has 2 fully saturated rings. The highest BCUT2D eigenvalue weighted by atomic mass is 32.2. The van der Waals surface area contributed by atoms with Crippen LogP contribution in [-0.4, -0.2) is 69.4 Å². The second-order valence-corrected chi connectivity index (χ2v) is 6.68. The first-order valence-corrected chi connectivity index (χ1v) is 8.05. The minimum absolute atomic E-state index is 0.00408. The fourth-order valence-corrected chi connectivity index (χ4v) is 3.85. The van der Waals surface area contributed by atoms with Gasteiger partial charge in [0.05, 0.1) is 24.1 Å². The molecule has 0 aromatic carbocycles. The summed E-state index contributed by atoms with van der Waals surface area (Å²) in [4.78, 5) is 27.4. The number of carboxylic acids is 1. The topological polar surface area (TPSA) is 70.1 Å². The molecule has 4 unspecified atom stereocenters. The predicted octanol–water partition coefficient (Wildman–Crippen LogP) is 1.45. The van der Waals surface area contributed by atoms with Gasteiger partial charge in [0.2, 0.25) is 0 Å². The lowest BCUT2D eigenvalue weighted by molar-refractivity contribution is -0.141. The Kier molecular flexibility index (Phi) is 4.80. The zero-order chi connectivity index (χ0) is 14.9. The normalized spacial score (nSPS) is 34.4. The third-order valence-electron chi connectivity index (χ3n) is 3.91. The zero-order valence-electron chi connectivity index (χ0n) is 12.1. The summed E-state index contributed by atoms with van der Waals surface area (Å²) in [6, 6.07) is -0.860. The number of hydrogen-bond donors (Lipinski definition) is 1. The van der Waals surface area contributed by atoms with Crippen LogP contribution in [0.2, 0.25) is 0 Å². The molecule has 0 aliphatic carbocycles. The molecule has 2 heterocycles. The van der Waals surface area contributed by atoms with Crippen LogP contribution in [0.1, 0.15) is 27.2 Å². The van der Waals surface area contributed by atoms with Crippen molar-refractivity contribution in [3.05, 3.63) is 0 Å². The highest BCUT2D eigenvalue weighted by Crippen LogP contribution is 2.31. The number of carbonyl (C=O) groups excluding carboxylic acids is 1. The van der Waals surface area contributed by atoms with Crippen molar-refractivity contribution in [2.45, 2.75) is 50.8 Å². The average molecular weight is 302 g/mol. The summed E-state index contributed by atoms with van der Waals surface area (Å²) in [5.74, 6) is -0.469. The van der Waals surface area contributed by atoms with E-state index in [1.54, 1.807) is 4.90 Å². The minimum Gasteiger partial charge on any atom is -0.480 e. The fraction of sp³-hybridized carbons (Fsp3) is 0.846. The molecule has 0 spiro atoms. The van der Waals surface area contributed by atoms with E-state index in [0.29, 0.717) is 18.9 Å². The van der Waals surface area contributed by atoms with Gasteiger partial charge in [0.1, 0.15) is 6.04 Å². The van der Waals surface area contributed by atoms with Gasteiger partial charge in [0, 0.05) is 12.3 Å². The third-order valence-corrected chi connectivity index (χ3v) is 5.13. The van der Waals surface area contributed by atoms with Crippen molar-refractivity contribution in [1.29, 1.82) is 0 Å². The summed E-state index contributed by atoms with van der Waals surface area (Å²) in [7, 11) is 0. The van der Waals surface area contributed by atoms with Crippen LogP contribution in [0.25, 0.3) is 0 Å². The first-order chi connectivity index (χ1) is 9.45. The van der Waals surface area contributed by atoms with Crippen LogP contribution >= 0.6 is 11.8 Å². The smallest absolute Gasteiger partial charge is 0.327 e. The number of amides is 2. The van der Waals surface area contributed by atoms with E-state index in [0.717, 1.165) is 6.42 Å². The van der Waals surface area contributed by atoms with E-state index in [9.17, 15) is 14.7 Å². The molecule has 2 saturated heterocycles. The van der Waals surface area contributed by atoms with E-state index in [2.05, 4.69) is 0 Å². The number of hydrogen-bond acceptors (Lipinski definition) is 4. The lowest BCUT2D eigenvalue weighted by Crippen LogP contribution is -2.58. The zero-order valence-corrected chi connectivity index (χ0v) is 12.9. The van der Waals surface area contributed by atoms with Crippen LogP contribution in [-0.2, 0) is 9.53 Å². The number of urea groups is 1. The Morgan fingerprint density at radius 2 is 2.10 bits per heavy atom. The van der Waals surface area contributed by atoms with Crippen LogP contribution in [0.15, 0.2) is 0 Å². The van der Waals surface area contributed by atoms with E-state index in [-0.39, 0.29) is 23.6 Å². The van der Waals surface area contributed by atoms with E-state index >= 15 is 0 Å². The van der Waals surface area contributed by atoms with Gasteiger partial charge in [0.25, 0.3) is 0 Å². The molecule has 114 valence electrons. The number of thioether (sulfide) groups is 1. The Morgan fingerprint density at radius 1 is 1.40 bits per heavy atom. The van der Waals surface area contributed by atoms with E-state index in [1.165, 1.54) is 16.7 Å². The molecular formula is C13H22N2O4S. The summed E-state index contributed by atoms with van der Waals surface area (Å²) < 4.78 is 5.59. The van der Waals surface area contributed by atoms with E-state index in [4.69, 9.17) is 4.74 Å². The van der Waals surface area contributed by atoms with Gasteiger partial charge < -0.3 is 14.7 Å². The van der Waals surface area contributed by atoms with Gasteiger partial charge in [-0.05, 0) is 20.3 Å². The Labute approximate surface area is 123 Å². The number of morpholine rings is 1. The van der Waals surface area contributed by atoms with Gasteiger partial charge in [0.15, 0.2) is 0 Å². The summed E-state index contributed by atoms with van der Waals surface area (Å²) >= 11 is 1.51. The molecule has 0 radical (unpaired) electrons. The Bertz CT molecular complexity index is 393. The second kappa shape index (κ2) is 6.22. The molecule has 0 aromatic heterocycles. The molecule has 2 rings (SSSR count). The van der Waals surface area contributed by atoms with Crippen molar-refractivity contribution in [3.63, 3.8) is 0 Å². The number of ether oxygens (including phenoxy) is 1. The summed E-state index contributed by atoms with van der Waals surface area (Å²) in [6.45, 7) is 6.88. The Morgan fingerprint density at radius 3 is 2.70 bits per heavy atom. The lowest BCUT2D eigenvalue weighted by atomic mass is 10.1. The Hall–Kier alpha value is -0.950. The summed E-state index contributed by atoms with van der Waals surface area (Å²) in [6.07, 6.45) is 0.807. The average Bonchev–Trinajstić information content (AvgIpc) is 2.80. The largest absolute Gasteiger partial charge is 0.480 e. The molecule has 0 aromatic rings. The van der Waals surface area contributed by atoms with Crippen molar-refractivity contribution in [3.8, 4) is 0 Å². The molecule has 20 heavy (non-hydrogen) atoms. The van der Waals surface area contributed by atoms with Gasteiger partial charge in [-0.3, -0.25) is 4.90 Å². The molecule has 2 aliphatic rings. The summed E-state index contributed by atoms with van der Waals surface area (Å²) in [5, 5.41) is 9.18. The maximum atomic E-state index is 12.8. The van der Waals surface area contributed by atoms with Crippen molar-refractivity contribution in [1.82, 2.24) is 9.80 Å². The molecule has 7 heteroatoms. The van der Waals surface area contributed by atoms with Gasteiger partial charge >= 0.3 is 12.0 Å². The molecule has 0 bridgehead atoms. The van der Waals surface area contributed by atoms with Gasteiger partial charge in [-0.2, -0.15) is 0 Å². The van der Waals surface area contributed by atoms with Crippen LogP contribution in [0.5, 0.6) is 0 Å². The van der Waals surface area contributed by atoms with Crippen molar-refractivity contribution in [2.24, 2.45) is 0 Å². The highest BCUT2D eigenvalue weighted by Gasteiger charge is 2.43. The predicted molar refractivity (Wildman–Crippen MR) is 76.8 cm³/mol. The first-order valence-electron chi connectivity index (χ1n) is 7.00. The van der Waals surface area contributed by atoms with Crippen molar-refractivity contribution in [2.75, 3.05) is 18.9 Å². The van der Waals surface area contributed by atoms with Gasteiger partial charge in [-0.25, -0.2) is 9.59 Å².